The van der Waals surface area contributed by atoms with Gasteiger partial charge in [0.1, 0.15) is 0 Å². The third kappa shape index (κ3) is 6.60. The molecule has 0 rings (SSSR count). The summed E-state index contributed by atoms with van der Waals surface area (Å²) in [6.45, 7) is 4.45. The Labute approximate surface area is 94.6 Å². The molecule has 0 aliphatic heterocycles. The molecule has 0 aliphatic rings. The highest BCUT2D eigenvalue weighted by atomic mass is 33.1. The van der Waals surface area contributed by atoms with Gasteiger partial charge in [-0.25, -0.2) is 0 Å². The van der Waals surface area contributed by atoms with Crippen molar-refractivity contribution in [1.29, 1.82) is 0 Å². The van der Waals surface area contributed by atoms with E-state index in [4.69, 9.17) is 5.11 Å². The van der Waals surface area contributed by atoms with Crippen molar-refractivity contribution < 1.29 is 9.90 Å². The minimum absolute atomic E-state index is 0.309. The van der Waals surface area contributed by atoms with Crippen LogP contribution in [-0.2, 0) is 4.79 Å². The van der Waals surface area contributed by atoms with Crippen LogP contribution in [0.1, 0.15) is 46.0 Å². The van der Waals surface area contributed by atoms with Gasteiger partial charge in [0.25, 0.3) is 0 Å². The number of unbranched alkanes of at least 4 members (excludes halogenated alkanes) is 1. The summed E-state index contributed by atoms with van der Waals surface area (Å²) in [5.41, 5.74) is 0. The molecule has 0 aromatic heterocycles. The van der Waals surface area contributed by atoms with Gasteiger partial charge < -0.3 is 5.11 Å². The molecule has 0 saturated carbocycles. The molecule has 0 amide bonds. The zero-order valence-corrected chi connectivity index (χ0v) is 10.8. The first-order valence-electron chi connectivity index (χ1n) is 4.97. The van der Waals surface area contributed by atoms with Crippen LogP contribution in [0.15, 0.2) is 0 Å². The summed E-state index contributed by atoms with van der Waals surface area (Å²) in [6, 6.07) is 0. The van der Waals surface area contributed by atoms with Gasteiger partial charge in [-0.05, 0) is 32.4 Å². The fourth-order valence-corrected chi connectivity index (χ4v) is 3.81. The largest absolute Gasteiger partial charge is 0.481 e. The van der Waals surface area contributed by atoms with Crippen LogP contribution in [0.25, 0.3) is 0 Å². The Morgan fingerprint density at radius 1 is 1.43 bits per heavy atom. The first kappa shape index (κ1) is 14.2. The van der Waals surface area contributed by atoms with Gasteiger partial charge in [-0.15, -0.1) is 0 Å². The molecule has 0 radical (unpaired) electrons. The summed E-state index contributed by atoms with van der Waals surface area (Å²) in [5, 5.41) is 8.49. The maximum Gasteiger partial charge on any atom is 0.303 e. The van der Waals surface area contributed by atoms with Gasteiger partial charge in [-0.2, -0.15) is 0 Å². The first-order chi connectivity index (χ1) is 6.54. The molecule has 0 unspecified atom stereocenters. The molecule has 0 fully saturated rings. The fraction of sp³-hybridized carbons (Fsp3) is 0.900. The maximum atomic E-state index is 10.3. The van der Waals surface area contributed by atoms with E-state index in [0.717, 1.165) is 25.7 Å². The van der Waals surface area contributed by atoms with Crippen molar-refractivity contribution in [2.24, 2.45) is 0 Å². The van der Waals surface area contributed by atoms with Crippen molar-refractivity contribution in [1.82, 2.24) is 0 Å². The zero-order valence-electron chi connectivity index (χ0n) is 9.21. The predicted octanol–water partition coefficient (Wildman–Crippen LogP) is 3.81. The van der Waals surface area contributed by atoms with Gasteiger partial charge >= 0.3 is 5.97 Å². The molecule has 0 bridgehead atoms. The van der Waals surface area contributed by atoms with Crippen LogP contribution < -0.4 is 0 Å². The minimum atomic E-state index is -0.680. The smallest absolute Gasteiger partial charge is 0.303 e. The molecule has 0 heterocycles. The van der Waals surface area contributed by atoms with E-state index >= 15 is 0 Å². The lowest BCUT2D eigenvalue weighted by molar-refractivity contribution is -0.137. The number of rotatable bonds is 8. The van der Waals surface area contributed by atoms with Crippen LogP contribution in [0.2, 0.25) is 0 Å². The quantitative estimate of drug-likeness (QED) is 0.513. The van der Waals surface area contributed by atoms with E-state index in [0.29, 0.717) is 11.2 Å². The minimum Gasteiger partial charge on any atom is -0.481 e. The molecule has 4 heteroatoms. The summed E-state index contributed by atoms with van der Waals surface area (Å²) < 4.78 is 0.317. The van der Waals surface area contributed by atoms with E-state index in [1.54, 1.807) is 10.8 Å². The van der Waals surface area contributed by atoms with Crippen LogP contribution in [0.5, 0.6) is 0 Å². The lowest BCUT2D eigenvalue weighted by Gasteiger charge is -2.26. The molecule has 0 aromatic rings. The van der Waals surface area contributed by atoms with Crippen molar-refractivity contribution in [2.45, 2.75) is 50.7 Å². The Hall–Kier alpha value is 0.170. The van der Waals surface area contributed by atoms with E-state index in [1.807, 2.05) is 10.8 Å². The molecule has 0 saturated heterocycles. The average Bonchev–Trinajstić information content (AvgIpc) is 2.13. The summed E-state index contributed by atoms with van der Waals surface area (Å²) in [5.74, 6) is -0.680. The van der Waals surface area contributed by atoms with Crippen molar-refractivity contribution in [3.63, 3.8) is 0 Å². The van der Waals surface area contributed by atoms with Crippen LogP contribution in [0.3, 0.4) is 0 Å². The van der Waals surface area contributed by atoms with Gasteiger partial charge in [-0.3, -0.25) is 4.79 Å². The molecule has 14 heavy (non-hydrogen) atoms. The SMILES string of the molecule is CC[C@@](C)(CCCCC(=O)O)SSC. The Morgan fingerprint density at radius 3 is 2.50 bits per heavy atom. The second-order valence-electron chi connectivity index (χ2n) is 3.65. The van der Waals surface area contributed by atoms with Gasteiger partial charge in [0, 0.05) is 11.2 Å². The fourth-order valence-electron chi connectivity index (χ4n) is 1.25. The average molecular weight is 236 g/mol. The molecule has 0 aliphatic carbocycles. The third-order valence-corrected chi connectivity index (χ3v) is 5.15. The van der Waals surface area contributed by atoms with Gasteiger partial charge in [0.05, 0.1) is 0 Å². The predicted molar refractivity (Wildman–Crippen MR) is 65.9 cm³/mol. The number of carboxylic acids is 1. The summed E-state index contributed by atoms with van der Waals surface area (Å²) in [4.78, 5) is 10.3. The second-order valence-corrected chi connectivity index (χ2v) is 6.64. The summed E-state index contributed by atoms with van der Waals surface area (Å²) in [7, 11) is 3.70. The Bertz CT molecular complexity index is 174. The highest BCUT2D eigenvalue weighted by Gasteiger charge is 2.21. The van der Waals surface area contributed by atoms with Gasteiger partial charge in [-0.1, -0.05) is 34.9 Å². The maximum absolute atomic E-state index is 10.3. The lowest BCUT2D eigenvalue weighted by atomic mass is 10.00. The highest BCUT2D eigenvalue weighted by molar-refractivity contribution is 8.76. The molecule has 0 aromatic carbocycles. The molecular weight excluding hydrogens is 216 g/mol. The molecule has 2 nitrogen and oxygen atoms in total. The van der Waals surface area contributed by atoms with Crippen LogP contribution in [-0.4, -0.2) is 22.1 Å². The number of aliphatic carboxylic acids is 1. The zero-order chi connectivity index (χ0) is 11.0. The third-order valence-electron chi connectivity index (χ3n) is 2.38. The van der Waals surface area contributed by atoms with Gasteiger partial charge in [0.2, 0.25) is 0 Å². The Morgan fingerprint density at radius 2 is 2.07 bits per heavy atom. The number of carboxylic acid groups (broad SMARTS) is 1. The Balaban J connectivity index is 3.66. The van der Waals surface area contributed by atoms with E-state index in [1.165, 1.54) is 0 Å². The number of carbonyl (C=O) groups is 1. The highest BCUT2D eigenvalue weighted by Crippen LogP contribution is 2.40. The van der Waals surface area contributed by atoms with E-state index < -0.39 is 5.97 Å². The van der Waals surface area contributed by atoms with Gasteiger partial charge in [0.15, 0.2) is 0 Å². The first-order valence-corrected chi connectivity index (χ1v) is 7.53. The molecular formula is C10H20O2S2. The monoisotopic (exact) mass is 236 g/mol. The topological polar surface area (TPSA) is 37.3 Å². The van der Waals surface area contributed by atoms with Crippen LogP contribution in [0.4, 0.5) is 0 Å². The van der Waals surface area contributed by atoms with Crippen LogP contribution in [0, 0.1) is 0 Å². The summed E-state index contributed by atoms with van der Waals surface area (Å²) >= 11 is 0. The van der Waals surface area contributed by atoms with Crippen molar-refractivity contribution in [2.75, 3.05) is 6.26 Å². The molecule has 84 valence electrons. The Kier molecular flexibility index (Phi) is 7.55. The number of hydrogen-bond acceptors (Lipinski definition) is 3. The van der Waals surface area contributed by atoms with Crippen molar-refractivity contribution in [3.05, 3.63) is 0 Å². The van der Waals surface area contributed by atoms with E-state index in [2.05, 4.69) is 20.1 Å². The van der Waals surface area contributed by atoms with E-state index in [-0.39, 0.29) is 0 Å². The van der Waals surface area contributed by atoms with Crippen molar-refractivity contribution in [3.8, 4) is 0 Å². The lowest BCUT2D eigenvalue weighted by Crippen LogP contribution is -2.17. The summed E-state index contributed by atoms with van der Waals surface area (Å²) in [6.07, 6.45) is 6.48. The standard InChI is InChI=1S/C10H20O2S2/c1-4-10(2,14-13-3)8-6-5-7-9(11)12/h4-8H2,1-3H3,(H,11,12)/t10-/m0/s1. The van der Waals surface area contributed by atoms with Crippen LogP contribution >= 0.6 is 21.6 Å². The van der Waals surface area contributed by atoms with Crippen molar-refractivity contribution >= 4 is 27.6 Å². The second kappa shape index (κ2) is 7.46. The molecule has 1 atom stereocenters. The normalized spacial score (nSPS) is 15.1. The van der Waals surface area contributed by atoms with E-state index in [9.17, 15) is 4.79 Å². The number of hydrogen-bond donors (Lipinski definition) is 1. The molecule has 1 N–H and O–H groups in total. The molecule has 0 spiro atoms.